The summed E-state index contributed by atoms with van der Waals surface area (Å²) in [5.41, 5.74) is -1.55. The quantitative estimate of drug-likeness (QED) is 0.403. The van der Waals surface area contributed by atoms with Gasteiger partial charge in [0.1, 0.15) is 24.5 Å². The first-order valence-corrected chi connectivity index (χ1v) is 4.84. The second kappa shape index (κ2) is 4.37. The lowest BCUT2D eigenvalue weighted by Crippen LogP contribution is -2.53. The number of ether oxygens (including phenoxy) is 1. The molecule has 17 heavy (non-hydrogen) atoms. The van der Waals surface area contributed by atoms with Gasteiger partial charge in [-0.1, -0.05) is 0 Å². The predicted molar refractivity (Wildman–Crippen MR) is 52.1 cm³/mol. The summed E-state index contributed by atoms with van der Waals surface area (Å²) >= 11 is 0. The SMILES string of the molecule is O=c1cnn([C@H]2OC[C@@H](O)[C@@H](O)[C@H]2O)c(=O)[nH]1. The second-order valence-corrected chi connectivity index (χ2v) is 3.66. The Labute approximate surface area is 93.9 Å². The zero-order valence-corrected chi connectivity index (χ0v) is 8.55. The van der Waals surface area contributed by atoms with E-state index in [2.05, 4.69) is 5.10 Å². The van der Waals surface area contributed by atoms with Crippen molar-refractivity contribution in [2.75, 3.05) is 6.61 Å². The van der Waals surface area contributed by atoms with E-state index < -0.39 is 35.8 Å². The fourth-order valence-corrected chi connectivity index (χ4v) is 1.55. The maximum atomic E-state index is 11.4. The van der Waals surface area contributed by atoms with Gasteiger partial charge < -0.3 is 20.1 Å². The van der Waals surface area contributed by atoms with Crippen LogP contribution in [0.5, 0.6) is 0 Å². The highest BCUT2D eigenvalue weighted by atomic mass is 16.5. The van der Waals surface area contributed by atoms with Crippen molar-refractivity contribution in [3.8, 4) is 0 Å². The van der Waals surface area contributed by atoms with Crippen LogP contribution in [-0.4, -0.2) is 55.0 Å². The minimum atomic E-state index is -1.52. The fraction of sp³-hybridized carbons (Fsp3) is 0.625. The Balaban J connectivity index is 2.34. The zero-order valence-electron chi connectivity index (χ0n) is 8.55. The Morgan fingerprint density at radius 3 is 2.71 bits per heavy atom. The highest BCUT2D eigenvalue weighted by Crippen LogP contribution is 2.21. The first-order valence-electron chi connectivity index (χ1n) is 4.84. The van der Waals surface area contributed by atoms with Gasteiger partial charge in [-0.3, -0.25) is 9.78 Å². The normalized spacial score (nSPS) is 33.6. The molecular weight excluding hydrogens is 234 g/mol. The standard InChI is InChI=1S/C8H11N3O6/c12-3-2-17-7(6(15)5(3)14)11-8(16)10-4(13)1-9-11/h1,3,5-7,12,14-15H,2H2,(H,10,13,16)/t3-,5-,6-,7+/m1/s1. The average Bonchev–Trinajstić information content (AvgIpc) is 2.28. The molecule has 4 atom stereocenters. The predicted octanol–water partition coefficient (Wildman–Crippen LogP) is -3.46. The van der Waals surface area contributed by atoms with E-state index in [-0.39, 0.29) is 6.61 Å². The minimum Gasteiger partial charge on any atom is -0.388 e. The summed E-state index contributed by atoms with van der Waals surface area (Å²) in [7, 11) is 0. The molecule has 1 fully saturated rings. The van der Waals surface area contributed by atoms with Crippen LogP contribution in [0.4, 0.5) is 0 Å². The second-order valence-electron chi connectivity index (χ2n) is 3.66. The molecule has 0 saturated carbocycles. The van der Waals surface area contributed by atoms with Crippen LogP contribution in [0.1, 0.15) is 6.23 Å². The van der Waals surface area contributed by atoms with Crippen molar-refractivity contribution in [1.29, 1.82) is 0 Å². The van der Waals surface area contributed by atoms with Crippen LogP contribution in [0.25, 0.3) is 0 Å². The maximum absolute atomic E-state index is 11.4. The molecule has 1 aliphatic heterocycles. The van der Waals surface area contributed by atoms with Gasteiger partial charge in [0.05, 0.1) is 6.61 Å². The maximum Gasteiger partial charge on any atom is 0.347 e. The number of hydrogen-bond acceptors (Lipinski definition) is 7. The summed E-state index contributed by atoms with van der Waals surface area (Å²) in [6, 6.07) is 0. The molecule has 9 nitrogen and oxygen atoms in total. The molecule has 94 valence electrons. The summed E-state index contributed by atoms with van der Waals surface area (Å²) in [5.74, 6) is 0. The Kier molecular flexibility index (Phi) is 3.07. The number of aromatic amines is 1. The van der Waals surface area contributed by atoms with Gasteiger partial charge >= 0.3 is 5.69 Å². The number of rotatable bonds is 1. The molecule has 2 heterocycles. The number of nitrogens with one attached hydrogen (secondary N) is 1. The van der Waals surface area contributed by atoms with Crippen LogP contribution in [0.15, 0.2) is 15.8 Å². The molecule has 1 aromatic heterocycles. The summed E-state index contributed by atoms with van der Waals surface area (Å²) in [6.45, 7) is -0.254. The van der Waals surface area contributed by atoms with E-state index in [1.807, 2.05) is 4.98 Å². The van der Waals surface area contributed by atoms with Crippen molar-refractivity contribution >= 4 is 0 Å². The smallest absolute Gasteiger partial charge is 0.347 e. The molecule has 9 heteroatoms. The molecular formula is C8H11N3O6. The van der Waals surface area contributed by atoms with E-state index in [0.717, 1.165) is 6.20 Å². The Morgan fingerprint density at radius 2 is 2.06 bits per heavy atom. The van der Waals surface area contributed by atoms with Gasteiger partial charge in [-0.15, -0.1) is 0 Å². The Morgan fingerprint density at radius 1 is 1.35 bits per heavy atom. The van der Waals surface area contributed by atoms with E-state index in [9.17, 15) is 24.9 Å². The van der Waals surface area contributed by atoms with Crippen LogP contribution >= 0.6 is 0 Å². The van der Waals surface area contributed by atoms with Gasteiger partial charge in [0, 0.05) is 0 Å². The monoisotopic (exact) mass is 245 g/mol. The molecule has 0 unspecified atom stereocenters. The highest BCUT2D eigenvalue weighted by Gasteiger charge is 2.39. The molecule has 0 amide bonds. The number of H-pyrrole nitrogens is 1. The summed E-state index contributed by atoms with van der Waals surface area (Å²) in [5, 5.41) is 31.8. The molecule has 2 rings (SSSR count). The van der Waals surface area contributed by atoms with Crippen molar-refractivity contribution in [3.63, 3.8) is 0 Å². The Bertz CT molecular complexity index is 510. The van der Waals surface area contributed by atoms with Crippen LogP contribution in [0.2, 0.25) is 0 Å². The third-order valence-electron chi connectivity index (χ3n) is 2.45. The van der Waals surface area contributed by atoms with E-state index in [1.165, 1.54) is 0 Å². The zero-order chi connectivity index (χ0) is 12.6. The van der Waals surface area contributed by atoms with Gasteiger partial charge in [-0.25, -0.2) is 4.79 Å². The van der Waals surface area contributed by atoms with Gasteiger partial charge in [-0.2, -0.15) is 9.78 Å². The van der Waals surface area contributed by atoms with E-state index >= 15 is 0 Å². The van der Waals surface area contributed by atoms with E-state index in [4.69, 9.17) is 4.74 Å². The molecule has 0 aromatic carbocycles. The average molecular weight is 245 g/mol. The molecule has 0 radical (unpaired) electrons. The van der Waals surface area contributed by atoms with E-state index in [1.54, 1.807) is 0 Å². The summed E-state index contributed by atoms with van der Waals surface area (Å²) < 4.78 is 5.69. The molecule has 1 aliphatic rings. The molecule has 4 N–H and O–H groups in total. The van der Waals surface area contributed by atoms with Crippen LogP contribution in [-0.2, 0) is 4.74 Å². The van der Waals surface area contributed by atoms with Gasteiger partial charge in [0.2, 0.25) is 0 Å². The van der Waals surface area contributed by atoms with Crippen LogP contribution in [0, 0.1) is 0 Å². The summed E-state index contributed by atoms with van der Waals surface area (Å²) in [4.78, 5) is 24.1. The number of aliphatic hydroxyl groups excluding tert-OH is 3. The van der Waals surface area contributed by atoms with Crippen molar-refractivity contribution in [1.82, 2.24) is 14.8 Å². The third kappa shape index (κ3) is 2.13. The minimum absolute atomic E-state index is 0.254. The molecule has 0 spiro atoms. The Hall–Kier alpha value is -1.55. The van der Waals surface area contributed by atoms with Crippen molar-refractivity contribution < 1.29 is 20.1 Å². The lowest BCUT2D eigenvalue weighted by Gasteiger charge is -2.34. The first-order chi connectivity index (χ1) is 8.00. The lowest BCUT2D eigenvalue weighted by atomic mass is 10.0. The first kappa shape index (κ1) is 11.9. The molecule has 0 aliphatic carbocycles. The van der Waals surface area contributed by atoms with Gasteiger partial charge in [0.15, 0.2) is 6.23 Å². The number of nitrogens with zero attached hydrogens (tertiary/aromatic N) is 2. The molecule has 1 aromatic rings. The van der Waals surface area contributed by atoms with Gasteiger partial charge in [-0.05, 0) is 0 Å². The molecule has 1 saturated heterocycles. The van der Waals surface area contributed by atoms with Crippen molar-refractivity contribution in [2.45, 2.75) is 24.5 Å². The largest absolute Gasteiger partial charge is 0.388 e. The number of hydrogen-bond donors (Lipinski definition) is 4. The van der Waals surface area contributed by atoms with Crippen molar-refractivity contribution in [3.05, 3.63) is 27.0 Å². The topological polar surface area (TPSA) is 138 Å². The highest BCUT2D eigenvalue weighted by molar-refractivity contribution is 4.85. The molecule has 0 bridgehead atoms. The number of aromatic nitrogens is 3. The third-order valence-corrected chi connectivity index (χ3v) is 2.45. The number of aliphatic hydroxyl groups is 3. The van der Waals surface area contributed by atoms with E-state index in [0.29, 0.717) is 4.68 Å². The van der Waals surface area contributed by atoms with Crippen LogP contribution in [0.3, 0.4) is 0 Å². The fourth-order valence-electron chi connectivity index (χ4n) is 1.55. The van der Waals surface area contributed by atoms with Gasteiger partial charge in [0.25, 0.3) is 5.56 Å². The van der Waals surface area contributed by atoms with Crippen LogP contribution < -0.4 is 11.2 Å². The summed E-state index contributed by atoms with van der Waals surface area (Å²) in [6.07, 6.45) is -4.61. The van der Waals surface area contributed by atoms with Crippen molar-refractivity contribution in [2.24, 2.45) is 0 Å². The lowest BCUT2D eigenvalue weighted by molar-refractivity contribution is -0.215.